The molecular formula is C19H28N2O3. The second-order valence-corrected chi connectivity index (χ2v) is 6.59. The summed E-state index contributed by atoms with van der Waals surface area (Å²) < 4.78 is 0. The monoisotopic (exact) mass is 332 g/mol. The molecule has 0 amide bonds. The third-order valence-corrected chi connectivity index (χ3v) is 4.89. The third-order valence-electron chi connectivity index (χ3n) is 4.89. The number of carboxylic acid groups (broad SMARTS) is 1. The van der Waals surface area contributed by atoms with Crippen LogP contribution in [0.15, 0.2) is 30.3 Å². The smallest absolute Gasteiger partial charge is 0.321 e. The molecule has 1 saturated heterocycles. The van der Waals surface area contributed by atoms with Crippen LogP contribution in [0.5, 0.6) is 0 Å². The Morgan fingerprint density at radius 3 is 2.50 bits per heavy atom. The molecule has 132 valence electrons. The van der Waals surface area contributed by atoms with Gasteiger partial charge in [-0.15, -0.1) is 0 Å². The van der Waals surface area contributed by atoms with Crippen molar-refractivity contribution in [3.63, 3.8) is 0 Å². The van der Waals surface area contributed by atoms with Crippen LogP contribution in [-0.2, 0) is 9.59 Å². The zero-order valence-corrected chi connectivity index (χ0v) is 14.4. The molecule has 1 aliphatic rings. The summed E-state index contributed by atoms with van der Waals surface area (Å²) in [7, 11) is 0. The van der Waals surface area contributed by atoms with Gasteiger partial charge in [-0.25, -0.2) is 0 Å². The van der Waals surface area contributed by atoms with Gasteiger partial charge in [-0.3, -0.25) is 9.69 Å². The number of hydrogen-bond acceptors (Lipinski definition) is 4. The zero-order valence-electron chi connectivity index (χ0n) is 14.4. The molecule has 0 saturated carbocycles. The molecule has 2 rings (SSSR count). The van der Waals surface area contributed by atoms with Crippen LogP contribution in [0.4, 0.5) is 0 Å². The minimum atomic E-state index is -0.906. The van der Waals surface area contributed by atoms with E-state index < -0.39 is 12.0 Å². The van der Waals surface area contributed by atoms with Gasteiger partial charge in [-0.05, 0) is 38.4 Å². The predicted molar refractivity (Wildman–Crippen MR) is 94.2 cm³/mol. The first-order valence-electron chi connectivity index (χ1n) is 8.82. The highest BCUT2D eigenvalue weighted by molar-refractivity contribution is 5.76. The zero-order chi connectivity index (χ0) is 17.4. The molecule has 0 aromatic heterocycles. The second-order valence-electron chi connectivity index (χ2n) is 6.59. The van der Waals surface area contributed by atoms with Crippen molar-refractivity contribution in [1.82, 2.24) is 10.2 Å². The number of piperidine rings is 1. The minimum Gasteiger partial charge on any atom is -0.480 e. The van der Waals surface area contributed by atoms with Crippen LogP contribution in [-0.4, -0.2) is 54.0 Å². The van der Waals surface area contributed by atoms with E-state index in [1.165, 1.54) is 19.3 Å². The molecule has 3 atom stereocenters. The molecule has 1 unspecified atom stereocenters. The molecule has 1 aromatic carbocycles. The summed E-state index contributed by atoms with van der Waals surface area (Å²) in [4.78, 5) is 25.3. The summed E-state index contributed by atoms with van der Waals surface area (Å²) in [6.07, 6.45) is 4.72. The summed E-state index contributed by atoms with van der Waals surface area (Å²) in [6, 6.07) is 8.96. The van der Waals surface area contributed by atoms with Crippen molar-refractivity contribution >= 4 is 12.3 Å². The van der Waals surface area contributed by atoms with Crippen LogP contribution >= 0.6 is 0 Å². The SMILES string of the molecule is CC(CN[C@@H](C(=O)O)[C@H](CC=O)c1ccccc1)N1CCCCC1. The van der Waals surface area contributed by atoms with Crippen molar-refractivity contribution in [1.29, 1.82) is 0 Å². The molecule has 0 bridgehead atoms. The van der Waals surface area contributed by atoms with Crippen LogP contribution in [0.3, 0.4) is 0 Å². The molecule has 1 aliphatic heterocycles. The number of carbonyl (C=O) groups excluding carboxylic acids is 1. The van der Waals surface area contributed by atoms with E-state index in [1.54, 1.807) is 0 Å². The lowest BCUT2D eigenvalue weighted by atomic mass is 9.88. The Bertz CT molecular complexity index is 515. The summed E-state index contributed by atoms with van der Waals surface area (Å²) >= 11 is 0. The van der Waals surface area contributed by atoms with Crippen molar-refractivity contribution in [3.05, 3.63) is 35.9 Å². The molecule has 24 heavy (non-hydrogen) atoms. The van der Waals surface area contributed by atoms with E-state index in [0.29, 0.717) is 12.6 Å². The Kier molecular flexibility index (Phi) is 7.40. The van der Waals surface area contributed by atoms with Gasteiger partial charge in [-0.2, -0.15) is 0 Å². The molecule has 0 spiro atoms. The maximum Gasteiger partial charge on any atom is 0.321 e. The van der Waals surface area contributed by atoms with E-state index in [1.807, 2.05) is 30.3 Å². The maximum atomic E-state index is 11.8. The summed E-state index contributed by atoms with van der Waals surface area (Å²) in [6.45, 7) is 4.90. The predicted octanol–water partition coefficient (Wildman–Crippen LogP) is 2.28. The molecule has 5 heteroatoms. The Morgan fingerprint density at radius 1 is 1.25 bits per heavy atom. The van der Waals surface area contributed by atoms with E-state index in [2.05, 4.69) is 17.1 Å². The van der Waals surface area contributed by atoms with Gasteiger partial charge < -0.3 is 15.2 Å². The van der Waals surface area contributed by atoms with E-state index >= 15 is 0 Å². The molecule has 5 nitrogen and oxygen atoms in total. The van der Waals surface area contributed by atoms with E-state index in [0.717, 1.165) is 24.9 Å². The van der Waals surface area contributed by atoms with E-state index in [-0.39, 0.29) is 12.3 Å². The van der Waals surface area contributed by atoms with Gasteiger partial charge in [0.15, 0.2) is 0 Å². The van der Waals surface area contributed by atoms with Crippen LogP contribution in [0.25, 0.3) is 0 Å². The maximum absolute atomic E-state index is 11.8. The van der Waals surface area contributed by atoms with Crippen LogP contribution < -0.4 is 5.32 Å². The summed E-state index contributed by atoms with van der Waals surface area (Å²) in [5.74, 6) is -1.26. The van der Waals surface area contributed by atoms with Crippen molar-refractivity contribution < 1.29 is 14.7 Å². The Balaban J connectivity index is 2.03. The van der Waals surface area contributed by atoms with Crippen LogP contribution in [0.1, 0.15) is 44.1 Å². The standard InChI is InChI=1S/C19H28N2O3/c1-15(21-11-6-3-7-12-21)14-20-18(19(23)24)17(10-13-22)16-8-4-2-5-9-16/h2,4-5,8-9,13,15,17-18,20H,3,6-7,10-12,14H2,1H3,(H,23,24)/t15?,17-,18-/m1/s1. The number of aldehydes is 1. The fraction of sp³-hybridized carbons (Fsp3) is 0.579. The summed E-state index contributed by atoms with van der Waals surface area (Å²) in [5, 5.41) is 12.9. The number of likely N-dealkylation sites (tertiary alicyclic amines) is 1. The second kappa shape index (κ2) is 9.55. The summed E-state index contributed by atoms with van der Waals surface area (Å²) in [5.41, 5.74) is 0.884. The number of carboxylic acids is 1. The molecule has 1 aromatic rings. The highest BCUT2D eigenvalue weighted by Crippen LogP contribution is 2.23. The highest BCUT2D eigenvalue weighted by Gasteiger charge is 2.29. The number of hydrogen-bond donors (Lipinski definition) is 2. The Hall–Kier alpha value is -1.72. The molecule has 2 N–H and O–H groups in total. The molecule has 1 heterocycles. The average Bonchev–Trinajstić information content (AvgIpc) is 2.62. The number of aliphatic carboxylic acids is 1. The van der Waals surface area contributed by atoms with Gasteiger partial charge in [0.2, 0.25) is 0 Å². The highest BCUT2D eigenvalue weighted by atomic mass is 16.4. The molecular weight excluding hydrogens is 304 g/mol. The topological polar surface area (TPSA) is 69.6 Å². The number of rotatable bonds is 9. The van der Waals surface area contributed by atoms with Gasteiger partial charge in [0.25, 0.3) is 0 Å². The number of nitrogens with one attached hydrogen (secondary N) is 1. The van der Waals surface area contributed by atoms with Gasteiger partial charge >= 0.3 is 5.97 Å². The third kappa shape index (κ3) is 5.14. The molecule has 1 fully saturated rings. The fourth-order valence-electron chi connectivity index (χ4n) is 3.46. The van der Waals surface area contributed by atoms with Gasteiger partial charge in [0.05, 0.1) is 0 Å². The van der Waals surface area contributed by atoms with Crippen molar-refractivity contribution in [2.45, 2.75) is 50.6 Å². The van der Waals surface area contributed by atoms with Crippen molar-refractivity contribution in [3.8, 4) is 0 Å². The van der Waals surface area contributed by atoms with Crippen LogP contribution in [0, 0.1) is 0 Å². The largest absolute Gasteiger partial charge is 0.480 e. The quantitative estimate of drug-likeness (QED) is 0.679. The van der Waals surface area contributed by atoms with Gasteiger partial charge in [-0.1, -0.05) is 36.8 Å². The first-order chi connectivity index (χ1) is 11.6. The molecule has 0 radical (unpaired) electrons. The van der Waals surface area contributed by atoms with E-state index in [4.69, 9.17) is 0 Å². The lowest BCUT2D eigenvalue weighted by Gasteiger charge is -2.34. The van der Waals surface area contributed by atoms with Gasteiger partial charge in [0, 0.05) is 24.9 Å². The van der Waals surface area contributed by atoms with Crippen molar-refractivity contribution in [2.24, 2.45) is 0 Å². The lowest BCUT2D eigenvalue weighted by Crippen LogP contribution is -2.49. The first kappa shape index (κ1) is 18.6. The lowest BCUT2D eigenvalue weighted by molar-refractivity contribution is -0.140. The molecule has 0 aliphatic carbocycles. The minimum absolute atomic E-state index is 0.200. The van der Waals surface area contributed by atoms with E-state index in [9.17, 15) is 14.7 Å². The van der Waals surface area contributed by atoms with Crippen LogP contribution in [0.2, 0.25) is 0 Å². The number of benzene rings is 1. The van der Waals surface area contributed by atoms with Gasteiger partial charge in [0.1, 0.15) is 12.3 Å². The first-order valence-corrected chi connectivity index (χ1v) is 8.82. The Morgan fingerprint density at radius 2 is 1.92 bits per heavy atom. The average molecular weight is 332 g/mol. The number of nitrogens with zero attached hydrogens (tertiary/aromatic N) is 1. The number of carbonyl (C=O) groups is 2. The Labute approximate surface area is 144 Å². The fourth-order valence-corrected chi connectivity index (χ4v) is 3.46. The van der Waals surface area contributed by atoms with Crippen molar-refractivity contribution in [2.75, 3.05) is 19.6 Å². The normalized spacial score (nSPS) is 19.4.